The van der Waals surface area contributed by atoms with E-state index in [0.29, 0.717) is 23.0 Å². The van der Waals surface area contributed by atoms with E-state index in [1.54, 1.807) is 16.2 Å². The lowest BCUT2D eigenvalue weighted by Gasteiger charge is -2.52. The number of ketones is 1. The maximum absolute atomic E-state index is 12.2. The minimum atomic E-state index is -0.0874. The highest BCUT2D eigenvalue weighted by atomic mass is 16.5. The monoisotopic (exact) mass is 427 g/mol. The Morgan fingerprint density at radius 3 is 2.77 bits per heavy atom. The van der Waals surface area contributed by atoms with Crippen molar-refractivity contribution in [1.29, 1.82) is 0 Å². The zero-order valence-electron chi connectivity index (χ0n) is 19.7. The number of piperidine rings is 1. The highest BCUT2D eigenvalue weighted by Gasteiger charge is 2.59. The zero-order valence-corrected chi connectivity index (χ0v) is 19.7. The topological polar surface area (TPSA) is 49.8 Å². The van der Waals surface area contributed by atoms with Gasteiger partial charge in [-0.3, -0.25) is 4.79 Å². The van der Waals surface area contributed by atoms with Crippen molar-refractivity contribution in [2.24, 2.45) is 35.0 Å². The lowest BCUT2D eigenvalue weighted by molar-refractivity contribution is -0.166. The van der Waals surface area contributed by atoms with Crippen molar-refractivity contribution in [2.45, 2.75) is 109 Å². The van der Waals surface area contributed by atoms with Gasteiger partial charge in [-0.2, -0.15) is 5.06 Å². The zero-order chi connectivity index (χ0) is 21.5. The van der Waals surface area contributed by atoms with Crippen molar-refractivity contribution in [1.82, 2.24) is 5.06 Å². The number of carbonyl (C=O) groups excluding carboxylic acids is 1. The molecule has 4 aliphatic carbocycles. The van der Waals surface area contributed by atoms with Crippen LogP contribution in [0.5, 0.6) is 0 Å². The molecule has 31 heavy (non-hydrogen) atoms. The molecule has 5 fully saturated rings. The Kier molecular flexibility index (Phi) is 4.81. The Morgan fingerprint density at radius 2 is 1.97 bits per heavy atom. The summed E-state index contributed by atoms with van der Waals surface area (Å²) in [5.74, 6) is 3.83. The average molecular weight is 428 g/mol. The number of hydroxylamine groups is 2. The lowest BCUT2D eigenvalue weighted by atomic mass is 9.52. The molecule has 0 radical (unpaired) electrons. The summed E-state index contributed by atoms with van der Waals surface area (Å²) in [6, 6.07) is 0.173. The van der Waals surface area contributed by atoms with Crippen LogP contribution < -0.4 is 0 Å². The van der Waals surface area contributed by atoms with E-state index in [4.69, 9.17) is 4.74 Å². The van der Waals surface area contributed by atoms with Crippen LogP contribution in [0.25, 0.3) is 0 Å². The van der Waals surface area contributed by atoms with E-state index in [1.165, 1.54) is 25.7 Å². The van der Waals surface area contributed by atoms with Crippen molar-refractivity contribution < 1.29 is 14.7 Å². The van der Waals surface area contributed by atoms with Gasteiger partial charge in [0, 0.05) is 25.3 Å². The number of Topliss-reactive ketones (excluding diaryl/α,β-unsaturated/α-hetero) is 1. The summed E-state index contributed by atoms with van der Waals surface area (Å²) in [5.41, 5.74) is 3.64. The number of rotatable bonds is 0. The lowest BCUT2D eigenvalue weighted by Crippen LogP contribution is -2.47. The Bertz CT molecular complexity index is 806. The number of hydrogen-bond acceptors (Lipinski definition) is 4. The first-order valence-corrected chi connectivity index (χ1v) is 13.2. The highest BCUT2D eigenvalue weighted by molar-refractivity contribution is 5.79. The molecule has 6 rings (SSSR count). The average Bonchev–Trinajstić information content (AvgIpc) is 3.20. The third-order valence-corrected chi connectivity index (χ3v) is 11.3. The molecule has 4 nitrogen and oxygen atoms in total. The van der Waals surface area contributed by atoms with Gasteiger partial charge < -0.3 is 9.94 Å². The summed E-state index contributed by atoms with van der Waals surface area (Å²) in [6.45, 7) is 8.06. The number of allylic oxidation sites excluding steroid dienone is 1. The van der Waals surface area contributed by atoms with Gasteiger partial charge in [-0.1, -0.05) is 25.0 Å². The first-order valence-electron chi connectivity index (χ1n) is 13.2. The van der Waals surface area contributed by atoms with Crippen molar-refractivity contribution in [3.8, 4) is 0 Å². The van der Waals surface area contributed by atoms with Crippen LogP contribution in [0.4, 0.5) is 0 Å². The number of ether oxygens (including phenoxy) is 1. The van der Waals surface area contributed by atoms with Crippen LogP contribution in [-0.4, -0.2) is 40.3 Å². The van der Waals surface area contributed by atoms with Crippen LogP contribution in [0.2, 0.25) is 0 Å². The van der Waals surface area contributed by atoms with Crippen molar-refractivity contribution in [3.05, 3.63) is 11.1 Å². The summed E-state index contributed by atoms with van der Waals surface area (Å²) in [7, 11) is 0. The summed E-state index contributed by atoms with van der Waals surface area (Å²) in [6.07, 6.45) is 12.4. The van der Waals surface area contributed by atoms with E-state index in [9.17, 15) is 10.0 Å². The quantitative estimate of drug-likeness (QED) is 0.516. The summed E-state index contributed by atoms with van der Waals surface area (Å²) >= 11 is 0. The smallest absolute Gasteiger partial charge is 0.133 e. The van der Waals surface area contributed by atoms with E-state index < -0.39 is 0 Å². The van der Waals surface area contributed by atoms with E-state index in [1.807, 2.05) is 0 Å². The van der Waals surface area contributed by atoms with Crippen LogP contribution >= 0.6 is 0 Å². The first kappa shape index (κ1) is 20.9. The minimum absolute atomic E-state index is 0.0874. The van der Waals surface area contributed by atoms with Gasteiger partial charge in [0.25, 0.3) is 0 Å². The highest BCUT2D eigenvalue weighted by Crippen LogP contribution is 2.65. The van der Waals surface area contributed by atoms with Gasteiger partial charge in [0.2, 0.25) is 0 Å². The molecule has 2 heterocycles. The number of carbonyl (C=O) groups is 1. The van der Waals surface area contributed by atoms with E-state index in [2.05, 4.69) is 20.8 Å². The van der Waals surface area contributed by atoms with Crippen LogP contribution in [-0.2, 0) is 9.53 Å². The molecule has 0 amide bonds. The third-order valence-electron chi connectivity index (χ3n) is 11.3. The molecule has 2 saturated heterocycles. The number of nitrogens with zero attached hydrogens (tertiary/aromatic N) is 1. The molecule has 3 saturated carbocycles. The molecule has 0 aromatic heterocycles. The molecule has 4 heteroatoms. The normalized spacial score (nSPS) is 52.5. The summed E-state index contributed by atoms with van der Waals surface area (Å²) < 4.78 is 6.87. The van der Waals surface area contributed by atoms with Gasteiger partial charge in [-0.05, 0) is 93.8 Å². The fraction of sp³-hybridized carbons (Fsp3) is 0.889. The number of hydrogen-bond donors (Lipinski definition) is 1. The summed E-state index contributed by atoms with van der Waals surface area (Å²) in [4.78, 5) is 12.2. The molecule has 0 aromatic carbocycles. The Balaban J connectivity index is 1.29. The first-order chi connectivity index (χ1) is 14.8. The third kappa shape index (κ3) is 2.93. The van der Waals surface area contributed by atoms with Gasteiger partial charge in [0.1, 0.15) is 5.78 Å². The van der Waals surface area contributed by atoms with Crippen LogP contribution in [0.15, 0.2) is 11.1 Å². The molecule has 6 aliphatic rings. The van der Waals surface area contributed by atoms with Crippen molar-refractivity contribution in [3.63, 3.8) is 0 Å². The van der Waals surface area contributed by atoms with Gasteiger partial charge in [0.05, 0.1) is 17.7 Å². The van der Waals surface area contributed by atoms with E-state index >= 15 is 0 Å². The molecule has 0 aromatic rings. The standard InChI is InChI=1S/C27H41NO3/c1-16-15-27(17(2)25-24(31-27)5-4-12-28(25)30)11-9-20-21-7-6-18-13-19(29)8-10-26(18,3)23(21)14-22(16)20/h17-18,20-21,23-25,30H,4-15H2,1-3H3. The SMILES string of the molecule is CC1=C2CC3C(CCC4CC(=O)CCC43C)C2CCC2(C1)OC1CCCN(O)C1C2C. The second kappa shape index (κ2) is 7.14. The second-order valence-corrected chi connectivity index (χ2v) is 12.4. The largest absolute Gasteiger partial charge is 0.369 e. The predicted octanol–water partition coefficient (Wildman–Crippen LogP) is 5.54. The molecule has 2 aliphatic heterocycles. The van der Waals surface area contributed by atoms with Crippen LogP contribution in [0.1, 0.15) is 91.4 Å². The van der Waals surface area contributed by atoms with Crippen molar-refractivity contribution >= 4 is 5.78 Å². The maximum atomic E-state index is 12.2. The van der Waals surface area contributed by atoms with E-state index in [0.717, 1.165) is 69.2 Å². The molecule has 172 valence electrons. The Hall–Kier alpha value is -0.710. The maximum Gasteiger partial charge on any atom is 0.133 e. The predicted molar refractivity (Wildman–Crippen MR) is 120 cm³/mol. The molecular formula is C27H41NO3. The molecule has 0 bridgehead atoms. The van der Waals surface area contributed by atoms with Crippen LogP contribution in [0.3, 0.4) is 0 Å². The fourth-order valence-corrected chi connectivity index (χ4v) is 9.55. The molecule has 1 N–H and O–H groups in total. The van der Waals surface area contributed by atoms with Crippen LogP contribution in [0, 0.1) is 35.0 Å². The number of fused-ring (bicyclic) bond motifs is 6. The molecule has 9 atom stereocenters. The van der Waals surface area contributed by atoms with Gasteiger partial charge in [0.15, 0.2) is 0 Å². The second-order valence-electron chi connectivity index (χ2n) is 12.4. The van der Waals surface area contributed by atoms with Gasteiger partial charge >= 0.3 is 0 Å². The fourth-order valence-electron chi connectivity index (χ4n) is 9.55. The molecule has 1 spiro atoms. The van der Waals surface area contributed by atoms with Gasteiger partial charge in [-0.15, -0.1) is 0 Å². The molecular weight excluding hydrogens is 386 g/mol. The van der Waals surface area contributed by atoms with Gasteiger partial charge in [-0.25, -0.2) is 0 Å². The Labute approximate surface area is 187 Å². The van der Waals surface area contributed by atoms with Crippen molar-refractivity contribution in [2.75, 3.05) is 6.54 Å². The van der Waals surface area contributed by atoms with E-state index in [-0.39, 0.29) is 17.7 Å². The summed E-state index contributed by atoms with van der Waals surface area (Å²) in [5, 5.41) is 12.2. The Morgan fingerprint density at radius 1 is 1.13 bits per heavy atom. The minimum Gasteiger partial charge on any atom is -0.369 e. The molecule has 9 unspecified atom stereocenters.